The van der Waals surface area contributed by atoms with E-state index in [-0.39, 0.29) is 5.91 Å². The molecule has 2 aromatic carbocycles. The van der Waals surface area contributed by atoms with Crippen LogP contribution in [0.2, 0.25) is 0 Å². The van der Waals surface area contributed by atoms with Crippen molar-refractivity contribution in [2.45, 2.75) is 0 Å². The molecule has 0 saturated heterocycles. The number of carbonyl (C=O) groups is 1. The number of nitrogens with zero attached hydrogens (tertiary/aromatic N) is 2. The van der Waals surface area contributed by atoms with Gasteiger partial charge in [0.2, 0.25) is 0 Å². The molecule has 0 N–H and O–H groups in total. The van der Waals surface area contributed by atoms with Crippen molar-refractivity contribution in [2.24, 2.45) is 4.99 Å². The molecule has 2 aliphatic rings. The Hall–Kier alpha value is -2.68. The number of carbonyl (C=O) groups excluding carboxylic acids is 1. The molecular weight excluding hydrogens is 236 g/mol. The van der Waals surface area contributed by atoms with Crippen molar-refractivity contribution >= 4 is 45.4 Å². The Balaban J connectivity index is 2.11. The largest absolute Gasteiger partial charge is 0.283 e. The molecule has 3 heteroatoms. The highest BCUT2D eigenvalue weighted by molar-refractivity contribution is 6.23. The van der Waals surface area contributed by atoms with Gasteiger partial charge in [-0.1, -0.05) is 12.1 Å². The van der Waals surface area contributed by atoms with Crippen LogP contribution in [-0.2, 0) is 0 Å². The van der Waals surface area contributed by atoms with Gasteiger partial charge in [0.05, 0.1) is 11.4 Å². The Kier molecular flexibility index (Phi) is 1.38. The van der Waals surface area contributed by atoms with Crippen LogP contribution in [0.3, 0.4) is 0 Å². The van der Waals surface area contributed by atoms with E-state index in [0.717, 1.165) is 27.7 Å². The predicted molar refractivity (Wildman–Crippen MR) is 76.4 cm³/mol. The molecule has 0 amide bonds. The summed E-state index contributed by atoms with van der Waals surface area (Å²) < 4.78 is 1.71. The molecule has 0 spiro atoms. The molecule has 0 atom stereocenters. The molecule has 3 aromatic rings. The first kappa shape index (κ1) is 9.28. The van der Waals surface area contributed by atoms with Crippen molar-refractivity contribution in [3.63, 3.8) is 0 Å². The van der Waals surface area contributed by atoms with Crippen molar-refractivity contribution in [1.29, 1.82) is 0 Å². The number of aromatic nitrogens is 1. The summed E-state index contributed by atoms with van der Waals surface area (Å²) in [4.78, 5) is 16.3. The molecule has 0 radical (unpaired) electrons. The summed E-state index contributed by atoms with van der Waals surface area (Å²) in [5, 5.41) is 4.60. The molecule has 3 nitrogen and oxygen atoms in total. The average Bonchev–Trinajstić information content (AvgIpc) is 3.07. The maximum absolute atomic E-state index is 11.8. The van der Waals surface area contributed by atoms with E-state index in [1.807, 2.05) is 30.6 Å². The molecule has 0 aliphatic carbocycles. The third kappa shape index (κ3) is 0.956. The van der Waals surface area contributed by atoms with Crippen LogP contribution in [0.4, 0.5) is 5.69 Å². The Morgan fingerprint density at radius 1 is 1.05 bits per heavy atom. The molecule has 3 heterocycles. The van der Waals surface area contributed by atoms with Gasteiger partial charge in [-0.05, 0) is 23.6 Å². The van der Waals surface area contributed by atoms with Crippen LogP contribution in [0.25, 0.3) is 27.6 Å². The van der Waals surface area contributed by atoms with E-state index in [9.17, 15) is 4.79 Å². The van der Waals surface area contributed by atoms with Crippen molar-refractivity contribution in [1.82, 2.24) is 4.57 Å². The lowest BCUT2D eigenvalue weighted by molar-refractivity contribution is 0.0975. The van der Waals surface area contributed by atoms with Crippen LogP contribution < -0.4 is 0 Å². The van der Waals surface area contributed by atoms with Gasteiger partial charge in [-0.25, -0.2) is 0 Å². The van der Waals surface area contributed by atoms with Gasteiger partial charge in [0.1, 0.15) is 0 Å². The van der Waals surface area contributed by atoms with E-state index in [1.54, 1.807) is 10.6 Å². The maximum Gasteiger partial charge on any atom is 0.255 e. The topological polar surface area (TPSA) is 34.4 Å². The second kappa shape index (κ2) is 2.83. The van der Waals surface area contributed by atoms with Crippen molar-refractivity contribution in [3.8, 4) is 0 Å². The number of benzene rings is 2. The lowest BCUT2D eigenvalue weighted by atomic mass is 9.99. The van der Waals surface area contributed by atoms with E-state index in [1.165, 1.54) is 10.8 Å². The van der Waals surface area contributed by atoms with Crippen molar-refractivity contribution in [2.75, 3.05) is 0 Å². The first-order valence-electron chi connectivity index (χ1n) is 6.20. The summed E-state index contributed by atoms with van der Waals surface area (Å²) in [6.45, 7) is 0. The van der Waals surface area contributed by atoms with Crippen LogP contribution in [-0.4, -0.2) is 16.7 Å². The number of rotatable bonds is 0. The second-order valence-electron chi connectivity index (χ2n) is 4.94. The van der Waals surface area contributed by atoms with Gasteiger partial charge < -0.3 is 0 Å². The molecule has 0 fully saturated rings. The van der Waals surface area contributed by atoms with Crippen LogP contribution in [0.15, 0.2) is 41.5 Å². The van der Waals surface area contributed by atoms with Gasteiger partial charge >= 0.3 is 0 Å². The van der Waals surface area contributed by atoms with Crippen LogP contribution in [0, 0.1) is 0 Å². The summed E-state index contributed by atoms with van der Waals surface area (Å²) in [5.41, 5.74) is 3.12. The fourth-order valence-corrected chi connectivity index (χ4v) is 3.16. The van der Waals surface area contributed by atoms with Gasteiger partial charge in [-0.2, -0.15) is 0 Å². The Labute approximate surface area is 108 Å². The molecular formula is C16H8N2O. The molecule has 0 saturated carbocycles. The number of allylic oxidation sites excluding steroid dienone is 1. The summed E-state index contributed by atoms with van der Waals surface area (Å²) in [6.07, 6.45) is 7.34. The minimum atomic E-state index is 0.0256. The minimum absolute atomic E-state index is 0.0256. The van der Waals surface area contributed by atoms with Gasteiger partial charge in [-0.3, -0.25) is 14.4 Å². The molecule has 5 rings (SSSR count). The number of hydrogen-bond donors (Lipinski definition) is 0. The van der Waals surface area contributed by atoms with E-state index in [2.05, 4.69) is 17.1 Å². The van der Waals surface area contributed by atoms with Gasteiger partial charge in [0.25, 0.3) is 5.91 Å². The molecule has 88 valence electrons. The Morgan fingerprint density at radius 2 is 2.00 bits per heavy atom. The highest BCUT2D eigenvalue weighted by atomic mass is 16.2. The van der Waals surface area contributed by atoms with Crippen LogP contribution >= 0.6 is 0 Å². The Morgan fingerprint density at radius 3 is 2.95 bits per heavy atom. The standard InChI is InChI=1S/C16H8N2O/c19-14-5-4-13-16-10(8-18(13)14)6-9-2-1-3-12-15(9)11(16)7-17-12/h1-8H. The number of hydrogen-bond acceptors (Lipinski definition) is 2. The first-order chi connectivity index (χ1) is 9.33. The highest BCUT2D eigenvalue weighted by Gasteiger charge is 2.22. The summed E-state index contributed by atoms with van der Waals surface area (Å²) in [5.74, 6) is 0.0256. The van der Waals surface area contributed by atoms with E-state index < -0.39 is 0 Å². The lowest BCUT2D eigenvalue weighted by Gasteiger charge is -2.03. The SMILES string of the molecule is O=C1C=Cc2c3c4c5c(cccc5cc3cn21)N=C4. The van der Waals surface area contributed by atoms with Gasteiger partial charge in [0, 0.05) is 40.2 Å². The fourth-order valence-electron chi connectivity index (χ4n) is 3.16. The second-order valence-corrected chi connectivity index (χ2v) is 4.94. The normalized spacial score (nSPS) is 15.1. The zero-order valence-electron chi connectivity index (χ0n) is 9.92. The summed E-state index contributed by atoms with van der Waals surface area (Å²) in [6, 6.07) is 8.28. The predicted octanol–water partition coefficient (Wildman–Crippen LogP) is 3.53. The van der Waals surface area contributed by atoms with Crippen LogP contribution in [0.1, 0.15) is 16.1 Å². The monoisotopic (exact) mass is 244 g/mol. The van der Waals surface area contributed by atoms with Crippen molar-refractivity contribution in [3.05, 3.63) is 47.8 Å². The molecule has 0 bridgehead atoms. The highest BCUT2D eigenvalue weighted by Crippen LogP contribution is 2.40. The zero-order chi connectivity index (χ0) is 12.6. The number of fused-ring (bicyclic) bond motifs is 4. The molecule has 0 unspecified atom stereocenters. The third-order valence-corrected chi connectivity index (χ3v) is 3.95. The molecule has 19 heavy (non-hydrogen) atoms. The maximum atomic E-state index is 11.8. The minimum Gasteiger partial charge on any atom is -0.283 e. The summed E-state index contributed by atoms with van der Waals surface area (Å²) in [7, 11) is 0. The quantitative estimate of drug-likeness (QED) is 0.466. The Bertz CT molecular complexity index is 973. The van der Waals surface area contributed by atoms with Gasteiger partial charge in [-0.15, -0.1) is 0 Å². The third-order valence-electron chi connectivity index (χ3n) is 3.95. The first-order valence-corrected chi connectivity index (χ1v) is 6.20. The van der Waals surface area contributed by atoms with Crippen LogP contribution in [0.5, 0.6) is 0 Å². The van der Waals surface area contributed by atoms with Gasteiger partial charge in [0.15, 0.2) is 0 Å². The van der Waals surface area contributed by atoms with Crippen molar-refractivity contribution < 1.29 is 4.79 Å². The lowest BCUT2D eigenvalue weighted by Crippen LogP contribution is -2.01. The molecule has 2 aliphatic heterocycles. The summed E-state index contributed by atoms with van der Waals surface area (Å²) >= 11 is 0. The van der Waals surface area contributed by atoms with E-state index in [0.29, 0.717) is 0 Å². The number of aliphatic imine (C=N–C) groups is 1. The smallest absolute Gasteiger partial charge is 0.255 e. The zero-order valence-corrected chi connectivity index (χ0v) is 9.92. The average molecular weight is 244 g/mol. The molecule has 1 aromatic heterocycles. The fraction of sp³-hybridized carbons (Fsp3) is 0. The van der Waals surface area contributed by atoms with E-state index in [4.69, 9.17) is 0 Å². The van der Waals surface area contributed by atoms with E-state index >= 15 is 0 Å².